The SMILES string of the molecule is COC(=O)Cc1ccc(NC(=O)[C@H](CCCNC(N)=O)CC(=O)[C@@H](NC(=O)CCN)C(C)C)cc1. The highest BCUT2D eigenvalue weighted by Crippen LogP contribution is 2.19. The molecule has 0 saturated carbocycles. The highest BCUT2D eigenvalue weighted by Gasteiger charge is 2.29. The minimum atomic E-state index is -0.745. The fourth-order valence-corrected chi connectivity index (χ4v) is 3.44. The van der Waals surface area contributed by atoms with E-state index in [2.05, 4.69) is 20.7 Å². The third kappa shape index (κ3) is 11.5. The molecule has 11 heteroatoms. The average molecular weight is 492 g/mol. The van der Waals surface area contributed by atoms with E-state index in [9.17, 15) is 24.0 Å². The average Bonchev–Trinajstić information content (AvgIpc) is 2.80. The van der Waals surface area contributed by atoms with E-state index in [4.69, 9.17) is 11.5 Å². The Morgan fingerprint density at radius 2 is 1.71 bits per heavy atom. The second-order valence-electron chi connectivity index (χ2n) is 8.57. The van der Waals surface area contributed by atoms with Crippen molar-refractivity contribution in [2.24, 2.45) is 23.3 Å². The summed E-state index contributed by atoms with van der Waals surface area (Å²) < 4.78 is 4.65. The molecule has 1 aromatic rings. The monoisotopic (exact) mass is 491 g/mol. The number of hydrogen-bond acceptors (Lipinski definition) is 7. The second kappa shape index (κ2) is 15.4. The van der Waals surface area contributed by atoms with Crippen LogP contribution in [-0.2, 0) is 30.3 Å². The van der Waals surface area contributed by atoms with Gasteiger partial charge in [0.25, 0.3) is 0 Å². The van der Waals surface area contributed by atoms with Crippen molar-refractivity contribution in [2.75, 3.05) is 25.5 Å². The summed E-state index contributed by atoms with van der Waals surface area (Å²) in [4.78, 5) is 60.5. The van der Waals surface area contributed by atoms with Crippen LogP contribution in [0.5, 0.6) is 0 Å². The van der Waals surface area contributed by atoms with Crippen LogP contribution in [0.25, 0.3) is 0 Å². The molecule has 0 spiro atoms. The summed E-state index contributed by atoms with van der Waals surface area (Å²) >= 11 is 0. The van der Waals surface area contributed by atoms with Crippen LogP contribution in [0.15, 0.2) is 24.3 Å². The maximum absolute atomic E-state index is 13.0. The van der Waals surface area contributed by atoms with Crippen LogP contribution < -0.4 is 27.4 Å². The number of amides is 4. The van der Waals surface area contributed by atoms with Crippen LogP contribution >= 0.6 is 0 Å². The van der Waals surface area contributed by atoms with E-state index in [0.717, 1.165) is 5.56 Å². The van der Waals surface area contributed by atoms with Gasteiger partial charge in [0.15, 0.2) is 5.78 Å². The smallest absolute Gasteiger partial charge is 0.312 e. The van der Waals surface area contributed by atoms with Crippen LogP contribution in [0.1, 0.15) is 45.1 Å². The van der Waals surface area contributed by atoms with Gasteiger partial charge in [0, 0.05) is 37.5 Å². The number of nitrogens with one attached hydrogen (secondary N) is 3. The zero-order chi connectivity index (χ0) is 26.4. The fourth-order valence-electron chi connectivity index (χ4n) is 3.44. The number of esters is 1. The molecule has 194 valence electrons. The summed E-state index contributed by atoms with van der Waals surface area (Å²) in [6.07, 6.45) is 0.874. The lowest BCUT2D eigenvalue weighted by Gasteiger charge is -2.24. The van der Waals surface area contributed by atoms with Gasteiger partial charge in [-0.15, -0.1) is 0 Å². The van der Waals surface area contributed by atoms with E-state index in [1.807, 2.05) is 13.8 Å². The summed E-state index contributed by atoms with van der Waals surface area (Å²) in [5, 5.41) is 7.97. The number of methoxy groups -OCH3 is 1. The Hall–Kier alpha value is -3.47. The van der Waals surface area contributed by atoms with Gasteiger partial charge in [-0.05, 0) is 36.5 Å². The molecule has 1 rings (SSSR count). The van der Waals surface area contributed by atoms with Crippen LogP contribution in [0.2, 0.25) is 0 Å². The fraction of sp³-hybridized carbons (Fsp3) is 0.542. The number of carbonyl (C=O) groups excluding carboxylic acids is 5. The Morgan fingerprint density at radius 1 is 1.06 bits per heavy atom. The van der Waals surface area contributed by atoms with Crippen LogP contribution in [-0.4, -0.2) is 55.8 Å². The molecular weight excluding hydrogens is 454 g/mol. The number of ether oxygens (including phenoxy) is 1. The van der Waals surface area contributed by atoms with E-state index in [1.54, 1.807) is 24.3 Å². The van der Waals surface area contributed by atoms with Crippen molar-refractivity contribution in [3.63, 3.8) is 0 Å². The molecule has 11 nitrogen and oxygen atoms in total. The molecule has 0 fully saturated rings. The molecule has 35 heavy (non-hydrogen) atoms. The maximum Gasteiger partial charge on any atom is 0.312 e. The van der Waals surface area contributed by atoms with Gasteiger partial charge >= 0.3 is 12.0 Å². The van der Waals surface area contributed by atoms with E-state index < -0.39 is 18.0 Å². The zero-order valence-corrected chi connectivity index (χ0v) is 20.6. The van der Waals surface area contributed by atoms with Gasteiger partial charge in [-0.2, -0.15) is 0 Å². The van der Waals surface area contributed by atoms with E-state index in [0.29, 0.717) is 18.5 Å². The number of Topliss-reactive ketones (excluding diaryl/α,β-unsaturated/α-hetero) is 1. The Labute approximate surface area is 205 Å². The Bertz CT molecular complexity index is 872. The molecule has 0 heterocycles. The molecule has 0 aromatic heterocycles. The van der Waals surface area contributed by atoms with Crippen molar-refractivity contribution in [3.05, 3.63) is 29.8 Å². The largest absolute Gasteiger partial charge is 0.469 e. The van der Waals surface area contributed by atoms with Crippen molar-refractivity contribution in [1.29, 1.82) is 0 Å². The van der Waals surface area contributed by atoms with Crippen LogP contribution in [0, 0.1) is 11.8 Å². The van der Waals surface area contributed by atoms with Gasteiger partial charge in [-0.1, -0.05) is 26.0 Å². The molecule has 0 unspecified atom stereocenters. The van der Waals surface area contributed by atoms with Crippen LogP contribution in [0.4, 0.5) is 10.5 Å². The van der Waals surface area contributed by atoms with Crippen molar-refractivity contribution in [1.82, 2.24) is 10.6 Å². The molecule has 0 aliphatic rings. The first-order chi connectivity index (χ1) is 16.6. The molecule has 7 N–H and O–H groups in total. The second-order valence-corrected chi connectivity index (χ2v) is 8.57. The Morgan fingerprint density at radius 3 is 2.26 bits per heavy atom. The van der Waals surface area contributed by atoms with Gasteiger partial charge in [-0.25, -0.2) is 4.79 Å². The van der Waals surface area contributed by atoms with Gasteiger partial charge in [-0.3, -0.25) is 19.2 Å². The van der Waals surface area contributed by atoms with Gasteiger partial charge in [0.1, 0.15) is 0 Å². The molecule has 0 aliphatic heterocycles. The molecule has 0 saturated heterocycles. The maximum atomic E-state index is 13.0. The molecule has 1 aromatic carbocycles. The lowest BCUT2D eigenvalue weighted by Crippen LogP contribution is -2.46. The third-order valence-electron chi connectivity index (χ3n) is 5.35. The highest BCUT2D eigenvalue weighted by atomic mass is 16.5. The molecule has 4 amide bonds. The standard InChI is InChI=1S/C24H37N5O6/c1-15(2)22(29-20(31)10-11-25)19(30)14-17(5-4-12-27-24(26)34)23(33)28-18-8-6-16(7-9-18)13-21(32)35-3/h6-9,15,17,22H,4-5,10-14,25H2,1-3H3,(H,28,33)(H,29,31)(H3,26,27,34)/t17-,22+/m1/s1. The number of anilines is 1. The Balaban J connectivity index is 2.91. The summed E-state index contributed by atoms with van der Waals surface area (Å²) in [6.45, 7) is 4.05. The zero-order valence-electron chi connectivity index (χ0n) is 20.6. The van der Waals surface area contributed by atoms with Crippen molar-refractivity contribution < 1.29 is 28.7 Å². The number of primary amides is 1. The molecule has 2 atom stereocenters. The highest BCUT2D eigenvalue weighted by molar-refractivity contribution is 5.97. The van der Waals surface area contributed by atoms with E-state index in [1.165, 1.54) is 7.11 Å². The van der Waals surface area contributed by atoms with Crippen molar-refractivity contribution in [3.8, 4) is 0 Å². The first-order valence-corrected chi connectivity index (χ1v) is 11.6. The summed E-state index contributed by atoms with van der Waals surface area (Å²) in [5.74, 6) is -2.19. The minimum Gasteiger partial charge on any atom is -0.469 e. The Kier molecular flexibility index (Phi) is 13.0. The number of hydrogen-bond donors (Lipinski definition) is 5. The van der Waals surface area contributed by atoms with Crippen molar-refractivity contribution in [2.45, 2.75) is 52.0 Å². The first-order valence-electron chi connectivity index (χ1n) is 11.6. The lowest BCUT2D eigenvalue weighted by atomic mass is 9.89. The van der Waals surface area contributed by atoms with E-state index in [-0.39, 0.29) is 61.8 Å². The minimum absolute atomic E-state index is 0.0887. The number of carbonyl (C=O) groups is 5. The summed E-state index contributed by atoms with van der Waals surface area (Å²) in [7, 11) is 1.31. The van der Waals surface area contributed by atoms with Crippen LogP contribution in [0.3, 0.4) is 0 Å². The number of ketones is 1. The number of rotatable bonds is 15. The molecule has 0 aliphatic carbocycles. The predicted molar refractivity (Wildman–Crippen MR) is 131 cm³/mol. The normalized spacial score (nSPS) is 12.4. The van der Waals surface area contributed by atoms with E-state index >= 15 is 0 Å². The predicted octanol–water partition coefficient (Wildman–Crippen LogP) is 0.854. The number of urea groups is 1. The quantitative estimate of drug-likeness (QED) is 0.178. The topological polar surface area (TPSA) is 183 Å². The van der Waals surface area contributed by atoms with Crippen molar-refractivity contribution >= 4 is 35.3 Å². The third-order valence-corrected chi connectivity index (χ3v) is 5.35. The van der Waals surface area contributed by atoms with Gasteiger partial charge in [0.05, 0.1) is 19.6 Å². The first kappa shape index (κ1) is 29.6. The van der Waals surface area contributed by atoms with Gasteiger partial charge < -0.3 is 32.2 Å². The number of nitrogens with two attached hydrogens (primary N) is 2. The summed E-state index contributed by atoms with van der Waals surface area (Å²) in [5.41, 5.74) is 11.7. The summed E-state index contributed by atoms with van der Waals surface area (Å²) in [6, 6.07) is 5.31. The molecule has 0 bridgehead atoms. The molecule has 0 radical (unpaired) electrons. The number of benzene rings is 1. The van der Waals surface area contributed by atoms with Gasteiger partial charge in [0.2, 0.25) is 11.8 Å². The lowest BCUT2D eigenvalue weighted by molar-refractivity contribution is -0.139. The molecular formula is C24H37N5O6.